The molecule has 1 nitrogen and oxygen atoms in total. The molecule has 1 aromatic rings. The van der Waals surface area contributed by atoms with Crippen LogP contribution in [-0.4, -0.2) is 5.11 Å². The summed E-state index contributed by atoms with van der Waals surface area (Å²) in [5.74, 6) is 0.519. The molecule has 0 radical (unpaired) electrons. The highest BCUT2D eigenvalue weighted by Gasteiger charge is 2.29. The molecule has 1 aliphatic rings. The van der Waals surface area contributed by atoms with Gasteiger partial charge in [0.25, 0.3) is 0 Å². The van der Waals surface area contributed by atoms with Gasteiger partial charge >= 0.3 is 0 Å². The Kier molecular flexibility index (Phi) is 3.50. The van der Waals surface area contributed by atoms with E-state index in [9.17, 15) is 9.50 Å². The van der Waals surface area contributed by atoms with Crippen LogP contribution in [-0.2, 0) is 0 Å². The maximum absolute atomic E-state index is 13.1. The predicted octanol–water partition coefficient (Wildman–Crippen LogP) is 3.95. The molecule has 0 saturated heterocycles. The second-order valence-corrected chi connectivity index (χ2v) is 5.20. The fraction of sp³-hybridized carbons (Fsp3) is 0.538. The minimum absolute atomic E-state index is 0.217. The number of benzene rings is 1. The smallest absolute Gasteiger partial charge is 0.123 e. The van der Waals surface area contributed by atoms with Gasteiger partial charge in [-0.1, -0.05) is 24.9 Å². The van der Waals surface area contributed by atoms with Gasteiger partial charge in [0.1, 0.15) is 5.82 Å². The zero-order chi connectivity index (χ0) is 11.7. The van der Waals surface area contributed by atoms with Crippen LogP contribution in [0.2, 0.25) is 5.02 Å². The summed E-state index contributed by atoms with van der Waals surface area (Å²) in [7, 11) is 0. The molecule has 3 heteroatoms. The van der Waals surface area contributed by atoms with E-state index in [2.05, 4.69) is 6.92 Å². The van der Waals surface area contributed by atoms with Crippen molar-refractivity contribution in [3.05, 3.63) is 34.6 Å². The standard InChI is InChI=1S/C13H16ClFO/c1-8-2-3-9(6-8)13(16)11-7-10(15)4-5-12(11)14/h4-5,7-9,13,16H,2-3,6H2,1H3. The van der Waals surface area contributed by atoms with Gasteiger partial charge in [-0.25, -0.2) is 4.39 Å². The zero-order valence-corrected chi connectivity index (χ0v) is 10.0. The Balaban J connectivity index is 2.20. The van der Waals surface area contributed by atoms with Crippen molar-refractivity contribution < 1.29 is 9.50 Å². The lowest BCUT2D eigenvalue weighted by Crippen LogP contribution is -2.10. The quantitative estimate of drug-likeness (QED) is 0.833. The van der Waals surface area contributed by atoms with Crippen molar-refractivity contribution in [3.8, 4) is 0 Å². The van der Waals surface area contributed by atoms with Crippen LogP contribution in [0.25, 0.3) is 0 Å². The maximum atomic E-state index is 13.1. The fourth-order valence-electron chi connectivity index (χ4n) is 2.53. The number of rotatable bonds is 2. The van der Waals surface area contributed by atoms with Gasteiger partial charge in [-0.05, 0) is 42.9 Å². The Bertz CT molecular complexity index is 380. The van der Waals surface area contributed by atoms with Gasteiger partial charge in [-0.15, -0.1) is 0 Å². The molecule has 3 unspecified atom stereocenters. The number of halogens is 2. The Morgan fingerprint density at radius 3 is 2.81 bits per heavy atom. The van der Waals surface area contributed by atoms with E-state index >= 15 is 0 Å². The molecule has 0 amide bonds. The lowest BCUT2D eigenvalue weighted by molar-refractivity contribution is 0.109. The summed E-state index contributed by atoms with van der Waals surface area (Å²) < 4.78 is 13.1. The summed E-state index contributed by atoms with van der Waals surface area (Å²) in [6.07, 6.45) is 2.49. The highest BCUT2D eigenvalue weighted by molar-refractivity contribution is 6.31. The van der Waals surface area contributed by atoms with Crippen LogP contribution < -0.4 is 0 Å². The molecule has 2 rings (SSSR count). The van der Waals surface area contributed by atoms with Gasteiger partial charge in [0, 0.05) is 10.6 Å². The number of hydrogen-bond acceptors (Lipinski definition) is 1. The van der Waals surface area contributed by atoms with Gasteiger partial charge in [-0.2, -0.15) is 0 Å². The minimum atomic E-state index is -0.631. The lowest BCUT2D eigenvalue weighted by Gasteiger charge is -2.19. The number of hydrogen-bond donors (Lipinski definition) is 1. The fourth-order valence-corrected chi connectivity index (χ4v) is 2.76. The molecule has 0 aliphatic heterocycles. The Morgan fingerprint density at radius 2 is 2.19 bits per heavy atom. The summed E-state index contributed by atoms with van der Waals surface area (Å²) in [5, 5.41) is 10.6. The van der Waals surface area contributed by atoms with Gasteiger partial charge in [-0.3, -0.25) is 0 Å². The minimum Gasteiger partial charge on any atom is -0.388 e. The Labute approximate surface area is 100 Å². The zero-order valence-electron chi connectivity index (χ0n) is 9.29. The second kappa shape index (κ2) is 4.72. The second-order valence-electron chi connectivity index (χ2n) is 4.79. The van der Waals surface area contributed by atoms with Gasteiger partial charge in [0.05, 0.1) is 6.10 Å². The highest BCUT2D eigenvalue weighted by atomic mass is 35.5. The topological polar surface area (TPSA) is 20.2 Å². The maximum Gasteiger partial charge on any atom is 0.123 e. The van der Waals surface area contributed by atoms with Gasteiger partial charge < -0.3 is 5.11 Å². The van der Waals surface area contributed by atoms with E-state index in [-0.39, 0.29) is 11.7 Å². The first kappa shape index (κ1) is 11.9. The van der Waals surface area contributed by atoms with Crippen LogP contribution in [0.4, 0.5) is 4.39 Å². The van der Waals surface area contributed by atoms with E-state index < -0.39 is 6.10 Å². The molecule has 1 saturated carbocycles. The van der Waals surface area contributed by atoms with Crippen LogP contribution in [0, 0.1) is 17.7 Å². The van der Waals surface area contributed by atoms with Crippen LogP contribution in [0.5, 0.6) is 0 Å². The van der Waals surface area contributed by atoms with Crippen LogP contribution in [0.1, 0.15) is 37.9 Å². The molecule has 88 valence electrons. The van der Waals surface area contributed by atoms with Crippen molar-refractivity contribution >= 4 is 11.6 Å². The summed E-state index contributed by atoms with van der Waals surface area (Å²) >= 11 is 5.98. The first-order valence-electron chi connectivity index (χ1n) is 5.71. The van der Waals surface area contributed by atoms with E-state index in [4.69, 9.17) is 11.6 Å². The molecule has 0 spiro atoms. The summed E-state index contributed by atoms with van der Waals surface area (Å²) in [5.41, 5.74) is 0.528. The van der Waals surface area contributed by atoms with E-state index in [0.29, 0.717) is 16.5 Å². The Morgan fingerprint density at radius 1 is 1.44 bits per heavy atom. The average Bonchev–Trinajstić information content (AvgIpc) is 2.67. The molecular weight excluding hydrogens is 227 g/mol. The molecule has 0 bridgehead atoms. The largest absolute Gasteiger partial charge is 0.388 e. The average molecular weight is 243 g/mol. The molecule has 0 heterocycles. The van der Waals surface area contributed by atoms with Crippen molar-refractivity contribution in [2.45, 2.75) is 32.3 Å². The Hall–Kier alpha value is -0.600. The lowest BCUT2D eigenvalue weighted by atomic mass is 9.93. The molecule has 1 N–H and O–H groups in total. The van der Waals surface area contributed by atoms with Crippen molar-refractivity contribution in [1.29, 1.82) is 0 Å². The van der Waals surface area contributed by atoms with Crippen molar-refractivity contribution in [3.63, 3.8) is 0 Å². The number of aliphatic hydroxyl groups is 1. The van der Waals surface area contributed by atoms with E-state index in [1.165, 1.54) is 18.2 Å². The molecule has 1 aliphatic carbocycles. The molecule has 1 aromatic carbocycles. The third-order valence-corrected chi connectivity index (χ3v) is 3.80. The first-order chi connectivity index (χ1) is 7.58. The molecule has 0 aromatic heterocycles. The third-order valence-electron chi connectivity index (χ3n) is 3.46. The summed E-state index contributed by atoms with van der Waals surface area (Å²) in [4.78, 5) is 0. The first-order valence-corrected chi connectivity index (χ1v) is 6.08. The normalized spacial score (nSPS) is 27.0. The van der Waals surface area contributed by atoms with Crippen molar-refractivity contribution in [2.75, 3.05) is 0 Å². The third kappa shape index (κ3) is 2.38. The van der Waals surface area contributed by atoms with Gasteiger partial charge in [0.2, 0.25) is 0 Å². The van der Waals surface area contributed by atoms with Crippen molar-refractivity contribution in [2.24, 2.45) is 11.8 Å². The summed E-state index contributed by atoms with van der Waals surface area (Å²) in [6, 6.07) is 4.17. The molecular formula is C13H16ClFO. The van der Waals surface area contributed by atoms with Crippen LogP contribution >= 0.6 is 11.6 Å². The molecule has 16 heavy (non-hydrogen) atoms. The highest BCUT2D eigenvalue weighted by Crippen LogP contribution is 2.40. The van der Waals surface area contributed by atoms with Gasteiger partial charge in [0.15, 0.2) is 0 Å². The summed E-state index contributed by atoms with van der Waals surface area (Å²) in [6.45, 7) is 2.18. The van der Waals surface area contributed by atoms with E-state index in [1.54, 1.807) is 0 Å². The van der Waals surface area contributed by atoms with E-state index in [1.807, 2.05) is 0 Å². The SMILES string of the molecule is CC1CCC(C(O)c2cc(F)ccc2Cl)C1. The molecule has 3 atom stereocenters. The predicted molar refractivity (Wildman–Crippen MR) is 62.9 cm³/mol. The van der Waals surface area contributed by atoms with E-state index in [0.717, 1.165) is 19.3 Å². The number of aliphatic hydroxyl groups excluding tert-OH is 1. The van der Waals surface area contributed by atoms with Crippen molar-refractivity contribution in [1.82, 2.24) is 0 Å². The van der Waals surface area contributed by atoms with Crippen LogP contribution in [0.15, 0.2) is 18.2 Å². The monoisotopic (exact) mass is 242 g/mol. The van der Waals surface area contributed by atoms with Crippen LogP contribution in [0.3, 0.4) is 0 Å². The molecule has 1 fully saturated rings.